The number of ether oxygens (including phenoxy) is 2. The van der Waals surface area contributed by atoms with Crippen molar-refractivity contribution in [3.05, 3.63) is 95.6 Å². The first-order valence-corrected chi connectivity index (χ1v) is 14.1. The molecule has 0 atom stereocenters. The highest BCUT2D eigenvalue weighted by molar-refractivity contribution is 5.95. The fourth-order valence-electron chi connectivity index (χ4n) is 4.50. The first kappa shape index (κ1) is 36.7. The third-order valence-electron chi connectivity index (χ3n) is 6.49. The highest BCUT2D eigenvalue weighted by Gasteiger charge is 2.38. The number of anilines is 1. The highest BCUT2D eigenvalue weighted by Crippen LogP contribution is 2.40. The number of nitrogens with zero attached hydrogens (tertiary/aromatic N) is 2. The van der Waals surface area contributed by atoms with E-state index in [4.69, 9.17) is 30.5 Å². The van der Waals surface area contributed by atoms with Crippen LogP contribution in [0.4, 0.5) is 27.6 Å². The quantitative estimate of drug-likeness (QED) is 0.0746. The third-order valence-corrected chi connectivity index (χ3v) is 6.49. The molecule has 15 heteroatoms. The molecule has 0 saturated heterocycles. The van der Waals surface area contributed by atoms with Crippen molar-refractivity contribution in [3.63, 3.8) is 0 Å². The van der Waals surface area contributed by atoms with Crippen LogP contribution in [0.15, 0.2) is 72.8 Å². The maximum Gasteiger partial charge on any atom is 0.490 e. The molecule has 0 fully saturated rings. The first-order valence-electron chi connectivity index (χ1n) is 14.1. The second kappa shape index (κ2) is 15.2. The summed E-state index contributed by atoms with van der Waals surface area (Å²) in [6.45, 7) is 7.12. The highest BCUT2D eigenvalue weighted by atomic mass is 19.4. The monoisotopic (exact) mass is 674 g/mol. The van der Waals surface area contributed by atoms with Crippen LogP contribution in [0.3, 0.4) is 0 Å². The van der Waals surface area contributed by atoms with Crippen LogP contribution in [0.1, 0.15) is 43.6 Å². The van der Waals surface area contributed by atoms with Crippen molar-refractivity contribution in [1.82, 2.24) is 4.98 Å². The lowest BCUT2D eigenvalue weighted by Crippen LogP contribution is -2.38. The molecule has 3 aromatic carbocycles. The van der Waals surface area contributed by atoms with Crippen LogP contribution < -0.4 is 20.1 Å². The van der Waals surface area contributed by atoms with Gasteiger partial charge in [-0.3, -0.25) is 5.41 Å². The summed E-state index contributed by atoms with van der Waals surface area (Å²) in [4.78, 5) is 26.6. The van der Waals surface area contributed by atoms with Gasteiger partial charge in [0.15, 0.2) is 0 Å². The van der Waals surface area contributed by atoms with Crippen molar-refractivity contribution in [3.8, 4) is 34.4 Å². The number of aromatic carboxylic acids is 1. The summed E-state index contributed by atoms with van der Waals surface area (Å²) in [5.74, 6) is -7.81. The second-order valence-corrected chi connectivity index (χ2v) is 10.6. The molecule has 0 bridgehead atoms. The molecule has 1 heterocycles. The van der Waals surface area contributed by atoms with Crippen LogP contribution in [0.25, 0.3) is 11.1 Å². The zero-order chi connectivity index (χ0) is 35.9. The Balaban J connectivity index is 0.000000804. The van der Waals surface area contributed by atoms with Crippen molar-refractivity contribution in [2.45, 2.75) is 46.0 Å². The number of alkyl halides is 3. The largest absolute Gasteiger partial charge is 0.490 e. The molecule has 0 aliphatic heterocycles. The van der Waals surface area contributed by atoms with Crippen LogP contribution >= 0.6 is 0 Å². The number of pyridine rings is 1. The lowest BCUT2D eigenvalue weighted by Gasteiger charge is -2.33. The summed E-state index contributed by atoms with van der Waals surface area (Å²) in [5.41, 5.74) is 6.62. The van der Waals surface area contributed by atoms with E-state index in [1.165, 1.54) is 29.2 Å². The minimum atomic E-state index is -5.08. The van der Waals surface area contributed by atoms with Crippen molar-refractivity contribution < 1.29 is 51.2 Å². The number of benzene rings is 3. The number of hydrogen-bond donors (Lipinski definition) is 4. The molecular formula is C33H31F5N4O6. The number of nitrogen functional groups attached to an aromatic ring is 1. The van der Waals surface area contributed by atoms with E-state index in [-0.39, 0.29) is 35.0 Å². The fourth-order valence-corrected chi connectivity index (χ4v) is 4.50. The van der Waals surface area contributed by atoms with Gasteiger partial charge in [0.2, 0.25) is 11.6 Å². The van der Waals surface area contributed by atoms with E-state index in [9.17, 15) is 23.1 Å². The summed E-state index contributed by atoms with van der Waals surface area (Å²) >= 11 is 0. The van der Waals surface area contributed by atoms with Gasteiger partial charge in [-0.1, -0.05) is 48.5 Å². The molecule has 4 aromatic rings. The van der Waals surface area contributed by atoms with Crippen LogP contribution in [0.2, 0.25) is 0 Å². The lowest BCUT2D eigenvalue weighted by atomic mass is 10.0. The number of hydrogen-bond acceptors (Lipinski definition) is 7. The number of aliphatic carboxylic acids is 1. The minimum absolute atomic E-state index is 0.103. The molecule has 0 radical (unpaired) electrons. The number of rotatable bonds is 10. The Kier molecular flexibility index (Phi) is 11.7. The molecule has 254 valence electrons. The number of aromatic nitrogens is 1. The van der Waals surface area contributed by atoms with E-state index in [2.05, 4.69) is 4.98 Å². The Labute approximate surface area is 271 Å². The number of carbonyl (C=O) groups is 2. The van der Waals surface area contributed by atoms with Crippen molar-refractivity contribution in [1.29, 1.82) is 5.41 Å². The first-order chi connectivity index (χ1) is 22.4. The number of nitrogens with one attached hydrogen (secondary N) is 1. The summed E-state index contributed by atoms with van der Waals surface area (Å²) in [5, 5.41) is 24.7. The van der Waals surface area contributed by atoms with Gasteiger partial charge in [-0.15, -0.1) is 0 Å². The molecule has 0 amide bonds. The Morgan fingerprint density at radius 2 is 1.40 bits per heavy atom. The number of carboxylic acid groups (broad SMARTS) is 2. The predicted molar refractivity (Wildman–Crippen MR) is 167 cm³/mol. The van der Waals surface area contributed by atoms with Gasteiger partial charge in [0.05, 0.1) is 0 Å². The Hall–Kier alpha value is -5.73. The van der Waals surface area contributed by atoms with Gasteiger partial charge >= 0.3 is 18.1 Å². The van der Waals surface area contributed by atoms with E-state index in [1.807, 2.05) is 30.3 Å². The zero-order valence-corrected chi connectivity index (χ0v) is 26.0. The maximum absolute atomic E-state index is 16.0. The molecule has 1 aromatic heterocycles. The Morgan fingerprint density at radius 1 is 0.833 bits per heavy atom. The molecule has 4 rings (SSSR count). The second-order valence-electron chi connectivity index (χ2n) is 10.6. The molecule has 5 N–H and O–H groups in total. The summed E-state index contributed by atoms with van der Waals surface area (Å²) < 4.78 is 75.2. The van der Waals surface area contributed by atoms with Crippen LogP contribution in [-0.2, 0) is 4.79 Å². The van der Waals surface area contributed by atoms with Crippen LogP contribution in [0, 0.1) is 17.0 Å². The van der Waals surface area contributed by atoms with E-state index in [1.54, 1.807) is 45.9 Å². The minimum Gasteiger partial charge on any atom is -0.478 e. The Morgan fingerprint density at radius 3 is 1.90 bits per heavy atom. The van der Waals surface area contributed by atoms with E-state index in [0.717, 1.165) is 5.56 Å². The van der Waals surface area contributed by atoms with Gasteiger partial charge in [0, 0.05) is 17.6 Å². The number of halogens is 5. The number of amidine groups is 1. The normalized spacial score (nSPS) is 11.1. The molecule has 0 saturated carbocycles. The van der Waals surface area contributed by atoms with Gasteiger partial charge in [-0.25, -0.2) is 9.59 Å². The average Bonchev–Trinajstić information content (AvgIpc) is 3.01. The topological polar surface area (TPSA) is 159 Å². The standard InChI is InChI=1S/C31H30F2N4O4.C2HF3O2/c1-17(2)37(18(3)4)27-25(32)29(40-22-12-8-11-21(15-22)28(34)35)36-30(26(27)33)41-24-14-13-20(16-23(24)31(38)39)19-9-6-5-7-10-19;3-2(4,5)1(6)7/h5-18H,1-4H3,(H3,34,35)(H,38,39);(H,6,7). The molecule has 0 unspecified atom stereocenters. The lowest BCUT2D eigenvalue weighted by molar-refractivity contribution is -0.192. The van der Waals surface area contributed by atoms with Crippen LogP contribution in [-0.4, -0.2) is 51.2 Å². The Bertz CT molecular complexity index is 1790. The van der Waals surface area contributed by atoms with Crippen molar-refractivity contribution in [2.24, 2.45) is 5.73 Å². The maximum atomic E-state index is 16.0. The molecule has 48 heavy (non-hydrogen) atoms. The molecule has 10 nitrogen and oxygen atoms in total. The van der Waals surface area contributed by atoms with Gasteiger partial charge in [0.25, 0.3) is 11.8 Å². The third kappa shape index (κ3) is 8.96. The smallest absolute Gasteiger partial charge is 0.478 e. The van der Waals surface area contributed by atoms with E-state index >= 15 is 8.78 Å². The molecule has 0 aliphatic rings. The van der Waals surface area contributed by atoms with Gasteiger partial charge in [-0.2, -0.15) is 26.9 Å². The van der Waals surface area contributed by atoms with Crippen LogP contribution in [0.5, 0.6) is 23.3 Å². The molecule has 0 spiro atoms. The van der Waals surface area contributed by atoms with E-state index in [0.29, 0.717) is 11.1 Å². The number of carboxylic acids is 2. The molecular weight excluding hydrogens is 643 g/mol. The van der Waals surface area contributed by atoms with E-state index < -0.39 is 47.2 Å². The summed E-state index contributed by atoms with van der Waals surface area (Å²) in [6.07, 6.45) is -5.08. The van der Waals surface area contributed by atoms with Crippen molar-refractivity contribution in [2.75, 3.05) is 4.90 Å². The van der Waals surface area contributed by atoms with Gasteiger partial charge < -0.3 is 30.3 Å². The SMILES string of the molecule is CC(C)N(c1c(F)c(Oc2cccc(C(=N)N)c2)nc(Oc2ccc(-c3ccccc3)cc2C(=O)O)c1F)C(C)C.O=C(O)C(F)(F)F. The molecule has 0 aliphatic carbocycles. The van der Waals surface area contributed by atoms with Gasteiger partial charge in [0.1, 0.15) is 28.6 Å². The predicted octanol–water partition coefficient (Wildman–Crippen LogP) is 7.85. The number of nitrogens with two attached hydrogens (primary N) is 1. The zero-order valence-electron chi connectivity index (χ0n) is 26.0. The summed E-state index contributed by atoms with van der Waals surface area (Å²) in [6, 6.07) is 19.0. The fraction of sp³-hybridized carbons (Fsp3) is 0.212. The van der Waals surface area contributed by atoms with Gasteiger partial charge in [-0.05, 0) is 63.1 Å². The van der Waals surface area contributed by atoms with Crippen molar-refractivity contribution >= 4 is 23.5 Å². The average molecular weight is 675 g/mol. The summed E-state index contributed by atoms with van der Waals surface area (Å²) in [7, 11) is 0.